The SMILES string of the molecule is Cc1cc(NC(=O)C(C)Sc2ccc(O)cc2)on1. The van der Waals surface area contributed by atoms with Gasteiger partial charge < -0.3 is 9.63 Å². The molecule has 2 aromatic rings. The van der Waals surface area contributed by atoms with Crippen LogP contribution in [-0.4, -0.2) is 21.4 Å². The number of thioether (sulfide) groups is 1. The van der Waals surface area contributed by atoms with Crippen molar-refractivity contribution in [3.8, 4) is 5.75 Å². The third-order valence-electron chi connectivity index (χ3n) is 2.39. The molecule has 0 radical (unpaired) electrons. The van der Waals surface area contributed by atoms with E-state index >= 15 is 0 Å². The molecule has 2 N–H and O–H groups in total. The smallest absolute Gasteiger partial charge is 0.239 e. The molecule has 1 aromatic heterocycles. The number of phenolic OH excluding ortho intramolecular Hbond substituents is 1. The van der Waals surface area contributed by atoms with Crippen LogP contribution in [0.2, 0.25) is 0 Å². The van der Waals surface area contributed by atoms with Crippen LogP contribution in [0.4, 0.5) is 5.88 Å². The Bertz CT molecular complexity index is 566. The maximum Gasteiger partial charge on any atom is 0.239 e. The number of aryl methyl sites for hydroxylation is 1. The summed E-state index contributed by atoms with van der Waals surface area (Å²) >= 11 is 1.40. The molecule has 0 bridgehead atoms. The number of nitrogens with zero attached hydrogens (tertiary/aromatic N) is 1. The summed E-state index contributed by atoms with van der Waals surface area (Å²) in [6.45, 7) is 3.59. The third kappa shape index (κ3) is 3.75. The topological polar surface area (TPSA) is 75.4 Å². The Morgan fingerprint density at radius 2 is 2.11 bits per heavy atom. The largest absolute Gasteiger partial charge is 0.508 e. The molecular weight excluding hydrogens is 264 g/mol. The van der Waals surface area contributed by atoms with E-state index in [9.17, 15) is 9.90 Å². The molecule has 1 atom stereocenters. The Balaban J connectivity index is 1.94. The molecule has 1 amide bonds. The Morgan fingerprint density at radius 1 is 1.42 bits per heavy atom. The van der Waals surface area contributed by atoms with Crippen molar-refractivity contribution in [3.63, 3.8) is 0 Å². The normalized spacial score (nSPS) is 12.1. The minimum Gasteiger partial charge on any atom is -0.508 e. The van der Waals surface area contributed by atoms with Crippen LogP contribution in [0, 0.1) is 6.92 Å². The molecule has 1 heterocycles. The van der Waals surface area contributed by atoms with Gasteiger partial charge in [-0.2, -0.15) is 0 Å². The van der Waals surface area contributed by atoms with E-state index in [0.29, 0.717) is 11.6 Å². The molecule has 0 aliphatic rings. The molecule has 0 saturated carbocycles. The van der Waals surface area contributed by atoms with Crippen molar-refractivity contribution in [3.05, 3.63) is 36.0 Å². The van der Waals surface area contributed by atoms with Crippen molar-refractivity contribution in [2.45, 2.75) is 24.0 Å². The Kier molecular flexibility index (Phi) is 4.11. The maximum atomic E-state index is 11.9. The molecule has 0 saturated heterocycles. The number of aromatic hydroxyl groups is 1. The number of aromatic nitrogens is 1. The van der Waals surface area contributed by atoms with Gasteiger partial charge in [-0.3, -0.25) is 10.1 Å². The summed E-state index contributed by atoms with van der Waals surface area (Å²) in [7, 11) is 0. The summed E-state index contributed by atoms with van der Waals surface area (Å²) in [5.74, 6) is 0.397. The van der Waals surface area contributed by atoms with Crippen LogP contribution >= 0.6 is 11.8 Å². The Hall–Kier alpha value is -1.95. The lowest BCUT2D eigenvalue weighted by molar-refractivity contribution is -0.115. The molecular formula is C13H14N2O3S. The predicted molar refractivity (Wildman–Crippen MR) is 73.3 cm³/mol. The fourth-order valence-electron chi connectivity index (χ4n) is 1.43. The number of anilines is 1. The van der Waals surface area contributed by atoms with Crippen LogP contribution in [0.1, 0.15) is 12.6 Å². The number of carbonyl (C=O) groups is 1. The summed E-state index contributed by atoms with van der Waals surface area (Å²) in [6, 6.07) is 8.38. The van der Waals surface area contributed by atoms with Gasteiger partial charge in [-0.25, -0.2) is 0 Å². The van der Waals surface area contributed by atoms with Crippen LogP contribution in [0.25, 0.3) is 0 Å². The number of hydrogen-bond acceptors (Lipinski definition) is 5. The number of amides is 1. The van der Waals surface area contributed by atoms with Gasteiger partial charge in [0.05, 0.1) is 10.9 Å². The van der Waals surface area contributed by atoms with Crippen LogP contribution in [-0.2, 0) is 4.79 Å². The number of phenols is 1. The second kappa shape index (κ2) is 5.79. The van der Waals surface area contributed by atoms with Crippen LogP contribution in [0.5, 0.6) is 5.75 Å². The van der Waals surface area contributed by atoms with E-state index in [-0.39, 0.29) is 16.9 Å². The highest BCUT2D eigenvalue weighted by Crippen LogP contribution is 2.25. The molecule has 5 nitrogen and oxygen atoms in total. The summed E-state index contributed by atoms with van der Waals surface area (Å²) < 4.78 is 4.93. The average Bonchev–Trinajstić information content (AvgIpc) is 2.77. The van der Waals surface area contributed by atoms with Crippen LogP contribution in [0.3, 0.4) is 0 Å². The maximum absolute atomic E-state index is 11.9. The van der Waals surface area contributed by atoms with E-state index in [1.165, 1.54) is 11.8 Å². The Morgan fingerprint density at radius 3 is 2.68 bits per heavy atom. The molecule has 6 heteroatoms. The number of hydrogen-bond donors (Lipinski definition) is 2. The standard InChI is InChI=1S/C13H14N2O3S/c1-8-7-12(18-15-8)14-13(17)9(2)19-11-5-3-10(16)4-6-11/h3-7,9,16H,1-2H3,(H,14,17). The van der Waals surface area contributed by atoms with Crippen molar-refractivity contribution < 1.29 is 14.4 Å². The molecule has 0 spiro atoms. The van der Waals surface area contributed by atoms with Gasteiger partial charge in [-0.05, 0) is 38.1 Å². The first-order valence-corrected chi connectivity index (χ1v) is 6.62. The molecule has 0 aliphatic carbocycles. The van der Waals surface area contributed by atoms with E-state index in [4.69, 9.17) is 4.52 Å². The lowest BCUT2D eigenvalue weighted by Crippen LogP contribution is -2.22. The van der Waals surface area contributed by atoms with Gasteiger partial charge in [0.25, 0.3) is 0 Å². The third-order valence-corrected chi connectivity index (χ3v) is 3.51. The van der Waals surface area contributed by atoms with Gasteiger partial charge in [-0.15, -0.1) is 11.8 Å². The van der Waals surface area contributed by atoms with E-state index in [2.05, 4.69) is 10.5 Å². The van der Waals surface area contributed by atoms with Crippen LogP contribution in [0.15, 0.2) is 39.8 Å². The molecule has 1 aromatic carbocycles. The van der Waals surface area contributed by atoms with E-state index in [1.807, 2.05) is 0 Å². The summed E-state index contributed by atoms with van der Waals surface area (Å²) in [4.78, 5) is 12.8. The van der Waals surface area contributed by atoms with Gasteiger partial charge >= 0.3 is 0 Å². The lowest BCUT2D eigenvalue weighted by atomic mass is 10.3. The van der Waals surface area contributed by atoms with Crippen molar-refractivity contribution in [1.29, 1.82) is 0 Å². The minimum atomic E-state index is -0.282. The van der Waals surface area contributed by atoms with Crippen molar-refractivity contribution in [1.82, 2.24) is 5.16 Å². The Labute approximate surface area is 115 Å². The fourth-order valence-corrected chi connectivity index (χ4v) is 2.30. The zero-order chi connectivity index (χ0) is 13.8. The zero-order valence-electron chi connectivity index (χ0n) is 10.6. The highest BCUT2D eigenvalue weighted by atomic mass is 32.2. The van der Waals surface area contributed by atoms with E-state index in [1.54, 1.807) is 44.2 Å². The van der Waals surface area contributed by atoms with Gasteiger partial charge in [0.1, 0.15) is 5.75 Å². The highest BCUT2D eigenvalue weighted by Gasteiger charge is 2.16. The summed E-state index contributed by atoms with van der Waals surface area (Å²) in [6.07, 6.45) is 0. The van der Waals surface area contributed by atoms with E-state index in [0.717, 1.165) is 4.90 Å². The van der Waals surface area contributed by atoms with Crippen LogP contribution < -0.4 is 5.32 Å². The number of benzene rings is 1. The monoisotopic (exact) mass is 278 g/mol. The number of rotatable bonds is 4. The lowest BCUT2D eigenvalue weighted by Gasteiger charge is -2.10. The molecule has 19 heavy (non-hydrogen) atoms. The molecule has 0 fully saturated rings. The second-order valence-corrected chi connectivity index (χ2v) is 5.49. The predicted octanol–water partition coefficient (Wildman–Crippen LogP) is 2.81. The minimum absolute atomic E-state index is 0.158. The quantitative estimate of drug-likeness (QED) is 0.841. The molecule has 0 aliphatic heterocycles. The molecule has 2 rings (SSSR count). The first-order valence-electron chi connectivity index (χ1n) is 5.74. The van der Waals surface area contributed by atoms with Gasteiger partial charge in [0.2, 0.25) is 11.8 Å². The van der Waals surface area contributed by atoms with Crippen molar-refractivity contribution in [2.24, 2.45) is 0 Å². The van der Waals surface area contributed by atoms with Crippen molar-refractivity contribution >= 4 is 23.6 Å². The number of nitrogens with one attached hydrogen (secondary N) is 1. The summed E-state index contributed by atoms with van der Waals surface area (Å²) in [5, 5.41) is 15.3. The highest BCUT2D eigenvalue weighted by molar-refractivity contribution is 8.00. The van der Waals surface area contributed by atoms with E-state index < -0.39 is 0 Å². The van der Waals surface area contributed by atoms with Gasteiger partial charge in [0.15, 0.2) is 0 Å². The van der Waals surface area contributed by atoms with Crippen molar-refractivity contribution in [2.75, 3.05) is 5.32 Å². The zero-order valence-corrected chi connectivity index (χ0v) is 11.4. The van der Waals surface area contributed by atoms with Gasteiger partial charge in [0, 0.05) is 11.0 Å². The van der Waals surface area contributed by atoms with Gasteiger partial charge in [-0.1, -0.05) is 5.16 Å². The second-order valence-electron chi connectivity index (χ2n) is 4.08. The first kappa shape index (κ1) is 13.5. The number of carbonyl (C=O) groups excluding carboxylic acids is 1. The summed E-state index contributed by atoms with van der Waals surface area (Å²) in [5.41, 5.74) is 0.717. The molecule has 1 unspecified atom stereocenters. The first-order chi connectivity index (χ1) is 9.04. The average molecular weight is 278 g/mol. The fraction of sp³-hybridized carbons (Fsp3) is 0.231. The molecule has 100 valence electrons.